The molecule has 19 heavy (non-hydrogen) atoms. The Labute approximate surface area is 110 Å². The number of aromatic amines is 1. The second-order valence-electron chi connectivity index (χ2n) is 5.24. The number of halogens is 1. The Hall–Kier alpha value is -1.44. The first-order chi connectivity index (χ1) is 8.92. The Morgan fingerprint density at radius 1 is 1.47 bits per heavy atom. The molecule has 8 heteroatoms. The minimum atomic E-state index is -4.54. The molecule has 3 rings (SSSR count). The number of hydrogen-bond acceptors (Lipinski definition) is 4. The van der Waals surface area contributed by atoms with Gasteiger partial charge in [0.15, 0.2) is 5.82 Å². The van der Waals surface area contributed by atoms with Gasteiger partial charge in [0.05, 0.1) is 5.75 Å². The van der Waals surface area contributed by atoms with Crippen molar-refractivity contribution in [3.63, 3.8) is 0 Å². The van der Waals surface area contributed by atoms with Crippen LogP contribution in [0.15, 0.2) is 6.07 Å². The van der Waals surface area contributed by atoms with Crippen LogP contribution in [0, 0.1) is 5.92 Å². The monoisotopic (exact) mass is 287 g/mol. The van der Waals surface area contributed by atoms with Crippen molar-refractivity contribution in [2.45, 2.75) is 25.2 Å². The maximum atomic E-state index is 12.6. The average Bonchev–Trinajstić information content (AvgIpc) is 2.91. The van der Waals surface area contributed by atoms with Crippen LogP contribution in [0.1, 0.15) is 30.9 Å². The number of H-pyrrole nitrogens is 1. The van der Waals surface area contributed by atoms with E-state index in [9.17, 15) is 17.1 Å². The third-order valence-corrected chi connectivity index (χ3v) is 4.39. The normalized spacial score (nSPS) is 24.2. The van der Waals surface area contributed by atoms with Crippen molar-refractivity contribution in [1.82, 2.24) is 10.2 Å². The SMILES string of the molecule is O=C1CC(CS(=O)(=O)F)CN1c1cc(C2CC2)[nH]n1. The van der Waals surface area contributed by atoms with Crippen molar-refractivity contribution in [1.29, 1.82) is 0 Å². The van der Waals surface area contributed by atoms with Crippen molar-refractivity contribution in [3.05, 3.63) is 11.8 Å². The number of carbonyl (C=O) groups excluding carboxylic acids is 1. The smallest absolute Gasteiger partial charge is 0.295 e. The van der Waals surface area contributed by atoms with Gasteiger partial charge in [0.25, 0.3) is 0 Å². The van der Waals surface area contributed by atoms with Gasteiger partial charge in [0.1, 0.15) is 0 Å². The molecular formula is C11H14FN3O3S. The molecule has 1 atom stereocenters. The van der Waals surface area contributed by atoms with E-state index < -0.39 is 21.9 Å². The highest BCUT2D eigenvalue weighted by Gasteiger charge is 2.35. The lowest BCUT2D eigenvalue weighted by atomic mass is 10.1. The van der Waals surface area contributed by atoms with Crippen molar-refractivity contribution in [2.75, 3.05) is 17.2 Å². The largest absolute Gasteiger partial charge is 0.302 e. The summed E-state index contributed by atoms with van der Waals surface area (Å²) in [5, 5.41) is 6.97. The lowest BCUT2D eigenvalue weighted by molar-refractivity contribution is -0.117. The summed E-state index contributed by atoms with van der Waals surface area (Å²) in [6.45, 7) is 0.205. The van der Waals surface area contributed by atoms with Crippen LogP contribution < -0.4 is 4.90 Å². The van der Waals surface area contributed by atoms with Gasteiger partial charge in [0.2, 0.25) is 5.91 Å². The summed E-state index contributed by atoms with van der Waals surface area (Å²) in [7, 11) is -4.54. The van der Waals surface area contributed by atoms with Gasteiger partial charge in [-0.05, 0) is 12.8 Å². The summed E-state index contributed by atoms with van der Waals surface area (Å²) in [4.78, 5) is 13.2. The predicted octanol–water partition coefficient (Wildman–Crippen LogP) is 0.939. The number of amides is 1. The first-order valence-electron chi connectivity index (χ1n) is 6.20. The molecule has 2 aliphatic rings. The molecule has 0 aromatic carbocycles. The third kappa shape index (κ3) is 2.78. The molecule has 0 spiro atoms. The van der Waals surface area contributed by atoms with Gasteiger partial charge in [-0.2, -0.15) is 13.5 Å². The van der Waals surface area contributed by atoms with Crippen molar-refractivity contribution >= 4 is 21.9 Å². The van der Waals surface area contributed by atoms with Gasteiger partial charge in [-0.3, -0.25) is 14.8 Å². The Balaban J connectivity index is 1.72. The highest BCUT2D eigenvalue weighted by molar-refractivity contribution is 7.86. The van der Waals surface area contributed by atoms with Gasteiger partial charge >= 0.3 is 10.2 Å². The molecule has 1 amide bonds. The van der Waals surface area contributed by atoms with Crippen LogP contribution in [-0.4, -0.2) is 36.8 Å². The molecule has 6 nitrogen and oxygen atoms in total. The summed E-state index contributed by atoms with van der Waals surface area (Å²) < 4.78 is 33.9. The van der Waals surface area contributed by atoms with Crippen molar-refractivity contribution < 1.29 is 17.1 Å². The average molecular weight is 287 g/mol. The lowest BCUT2D eigenvalue weighted by Crippen LogP contribution is -2.25. The molecule has 1 saturated heterocycles. The zero-order valence-electron chi connectivity index (χ0n) is 10.2. The second-order valence-corrected chi connectivity index (χ2v) is 6.65. The Bertz CT molecular complexity index is 608. The molecule has 2 heterocycles. The lowest BCUT2D eigenvalue weighted by Gasteiger charge is -2.12. The molecule has 2 fully saturated rings. The molecule has 0 bridgehead atoms. The van der Waals surface area contributed by atoms with E-state index in [0.717, 1.165) is 18.5 Å². The number of anilines is 1. The van der Waals surface area contributed by atoms with E-state index in [-0.39, 0.29) is 18.9 Å². The van der Waals surface area contributed by atoms with Crippen molar-refractivity contribution in [3.8, 4) is 0 Å². The van der Waals surface area contributed by atoms with Gasteiger partial charge < -0.3 is 0 Å². The van der Waals surface area contributed by atoms with Crippen LogP contribution in [0.3, 0.4) is 0 Å². The molecule has 1 aromatic heterocycles. The van der Waals surface area contributed by atoms with E-state index in [0.29, 0.717) is 11.7 Å². The molecule has 1 unspecified atom stereocenters. The number of aromatic nitrogens is 2. The van der Waals surface area contributed by atoms with Crippen LogP contribution in [0.2, 0.25) is 0 Å². The van der Waals surface area contributed by atoms with Gasteiger partial charge in [-0.15, -0.1) is 3.89 Å². The van der Waals surface area contributed by atoms with Gasteiger partial charge in [0, 0.05) is 36.6 Å². The van der Waals surface area contributed by atoms with E-state index >= 15 is 0 Å². The predicted molar refractivity (Wildman–Crippen MR) is 65.9 cm³/mol. The zero-order valence-corrected chi connectivity index (χ0v) is 11.0. The summed E-state index contributed by atoms with van der Waals surface area (Å²) in [6, 6.07) is 1.82. The summed E-state index contributed by atoms with van der Waals surface area (Å²) in [6.07, 6.45) is 2.30. The van der Waals surface area contributed by atoms with E-state index in [1.165, 1.54) is 4.90 Å². The molecule has 1 aromatic rings. The standard InChI is InChI=1S/C11H14FN3O3S/c12-19(17,18)6-7-3-11(16)15(5-7)10-4-9(13-14-10)8-1-2-8/h4,7-8H,1-3,5-6H2,(H,13,14). The van der Waals surface area contributed by atoms with Crippen LogP contribution >= 0.6 is 0 Å². The molecule has 104 valence electrons. The van der Waals surface area contributed by atoms with E-state index in [2.05, 4.69) is 10.2 Å². The molecule has 1 aliphatic carbocycles. The first kappa shape index (κ1) is 12.6. The first-order valence-corrected chi connectivity index (χ1v) is 7.75. The maximum absolute atomic E-state index is 12.6. The number of hydrogen-bond donors (Lipinski definition) is 1. The molecular weight excluding hydrogens is 273 g/mol. The molecule has 1 N–H and O–H groups in total. The minimum absolute atomic E-state index is 0.0504. The Kier molecular flexibility index (Phi) is 2.84. The molecule has 0 radical (unpaired) electrons. The summed E-state index contributed by atoms with van der Waals surface area (Å²) in [5.41, 5.74) is 1.00. The number of nitrogens with one attached hydrogen (secondary N) is 1. The second kappa shape index (κ2) is 4.29. The molecule has 1 aliphatic heterocycles. The number of rotatable bonds is 4. The highest BCUT2D eigenvalue weighted by Crippen LogP contribution is 2.40. The van der Waals surface area contributed by atoms with Crippen LogP contribution in [0.25, 0.3) is 0 Å². The van der Waals surface area contributed by atoms with Crippen LogP contribution in [-0.2, 0) is 15.0 Å². The van der Waals surface area contributed by atoms with Gasteiger partial charge in [-0.25, -0.2) is 0 Å². The fraction of sp³-hybridized carbons (Fsp3) is 0.636. The Morgan fingerprint density at radius 2 is 2.21 bits per heavy atom. The molecule has 1 saturated carbocycles. The van der Waals surface area contributed by atoms with E-state index in [4.69, 9.17) is 0 Å². The minimum Gasteiger partial charge on any atom is -0.295 e. The fourth-order valence-electron chi connectivity index (χ4n) is 2.46. The van der Waals surface area contributed by atoms with Gasteiger partial charge in [-0.1, -0.05) is 0 Å². The zero-order chi connectivity index (χ0) is 13.6. The van der Waals surface area contributed by atoms with Crippen molar-refractivity contribution in [2.24, 2.45) is 5.92 Å². The third-order valence-electron chi connectivity index (χ3n) is 3.52. The van der Waals surface area contributed by atoms with E-state index in [1.807, 2.05) is 6.07 Å². The highest BCUT2D eigenvalue weighted by atomic mass is 32.3. The quantitative estimate of drug-likeness (QED) is 0.835. The fourth-order valence-corrected chi connectivity index (χ4v) is 3.25. The number of carbonyl (C=O) groups is 1. The summed E-state index contributed by atoms with van der Waals surface area (Å²) >= 11 is 0. The van der Waals surface area contributed by atoms with Crippen LogP contribution in [0.4, 0.5) is 9.70 Å². The van der Waals surface area contributed by atoms with E-state index in [1.54, 1.807) is 0 Å². The maximum Gasteiger partial charge on any atom is 0.302 e. The van der Waals surface area contributed by atoms with Crippen LogP contribution in [0.5, 0.6) is 0 Å². The summed E-state index contributed by atoms with van der Waals surface area (Å²) in [5.74, 6) is -0.299. The Morgan fingerprint density at radius 3 is 2.84 bits per heavy atom. The topological polar surface area (TPSA) is 83.1 Å². The number of nitrogens with zero attached hydrogens (tertiary/aromatic N) is 2.